The number of unbranched alkanes of at least 4 members (excludes halogenated alkanes) is 2. The molecule has 5 N–H and O–H groups in total. The molecule has 1 aromatic carbocycles. The van der Waals surface area contributed by atoms with E-state index in [-0.39, 0.29) is 36.8 Å². The zero-order valence-electron chi connectivity index (χ0n) is 21.5. The van der Waals surface area contributed by atoms with Crippen LogP contribution in [0, 0.1) is 5.92 Å². The van der Waals surface area contributed by atoms with Gasteiger partial charge >= 0.3 is 11.9 Å². The van der Waals surface area contributed by atoms with Gasteiger partial charge in [0, 0.05) is 19.4 Å². The van der Waals surface area contributed by atoms with Crippen LogP contribution in [0.25, 0.3) is 0 Å². The summed E-state index contributed by atoms with van der Waals surface area (Å²) in [6.07, 6.45) is 6.93. The number of hydrogen-bond acceptors (Lipinski definition) is 7. The summed E-state index contributed by atoms with van der Waals surface area (Å²) in [4.78, 5) is 47.7. The van der Waals surface area contributed by atoms with E-state index >= 15 is 0 Å². The van der Waals surface area contributed by atoms with E-state index in [1.165, 1.54) is 20.1 Å². The van der Waals surface area contributed by atoms with Gasteiger partial charge in [-0.2, -0.15) is 0 Å². The van der Waals surface area contributed by atoms with Crippen molar-refractivity contribution < 1.29 is 33.8 Å². The number of rotatable bonds is 16. The first-order chi connectivity index (χ1) is 17.0. The number of esters is 1. The maximum absolute atomic E-state index is 12.7. The first-order valence-electron chi connectivity index (χ1n) is 12.1. The van der Waals surface area contributed by atoms with Gasteiger partial charge in [-0.1, -0.05) is 32.1 Å². The number of carbonyl (C=O) groups is 4. The predicted molar refractivity (Wildman–Crippen MR) is 135 cm³/mol. The number of carboxylic acids is 1. The minimum absolute atomic E-state index is 0.0524. The number of benzene rings is 1. The van der Waals surface area contributed by atoms with Gasteiger partial charge < -0.3 is 30.9 Å². The molecule has 0 radical (unpaired) electrons. The van der Waals surface area contributed by atoms with Crippen molar-refractivity contribution >= 4 is 23.8 Å². The molecule has 0 saturated heterocycles. The third-order valence-electron chi connectivity index (χ3n) is 5.14. The van der Waals surface area contributed by atoms with E-state index < -0.39 is 29.9 Å². The van der Waals surface area contributed by atoms with Crippen molar-refractivity contribution in [3.8, 4) is 11.5 Å². The van der Waals surface area contributed by atoms with E-state index in [4.69, 9.17) is 20.3 Å². The second-order valence-corrected chi connectivity index (χ2v) is 8.88. The average Bonchev–Trinajstić information content (AvgIpc) is 2.82. The fraction of sp³-hybridized carbons (Fsp3) is 0.538. The first-order valence-corrected chi connectivity index (χ1v) is 12.1. The number of nitrogens with two attached hydrogens (primary N) is 1. The van der Waals surface area contributed by atoms with Crippen LogP contribution >= 0.6 is 0 Å². The van der Waals surface area contributed by atoms with Crippen LogP contribution < -0.4 is 25.8 Å². The number of carboxylic acid groups (broad SMARTS) is 1. The van der Waals surface area contributed by atoms with E-state index in [0.717, 1.165) is 24.8 Å². The Kier molecular flexibility index (Phi) is 13.9. The molecule has 10 nitrogen and oxygen atoms in total. The fourth-order valence-corrected chi connectivity index (χ4v) is 3.11. The van der Waals surface area contributed by atoms with Gasteiger partial charge in [0.25, 0.3) is 0 Å². The average molecular weight is 506 g/mol. The Balaban J connectivity index is 2.69. The number of hydrogen-bond donors (Lipinski definition) is 4. The Bertz CT molecular complexity index is 913. The van der Waals surface area contributed by atoms with Crippen molar-refractivity contribution in [2.75, 3.05) is 7.11 Å². The maximum Gasteiger partial charge on any atom is 0.334 e. The molecule has 0 aliphatic rings. The van der Waals surface area contributed by atoms with E-state index in [1.807, 2.05) is 0 Å². The van der Waals surface area contributed by atoms with Gasteiger partial charge in [0.15, 0.2) is 11.5 Å². The number of carbonyl (C=O) groups excluding carboxylic acids is 3. The third kappa shape index (κ3) is 12.3. The molecule has 0 fully saturated rings. The zero-order valence-corrected chi connectivity index (χ0v) is 21.5. The van der Waals surface area contributed by atoms with Crippen LogP contribution in [0.15, 0.2) is 30.4 Å². The molecule has 0 heterocycles. The lowest BCUT2D eigenvalue weighted by Gasteiger charge is -2.19. The number of methoxy groups -OCH3 is 1. The van der Waals surface area contributed by atoms with Crippen molar-refractivity contribution in [3.63, 3.8) is 0 Å². The standard InChI is InChI=1S/C26H39N3O7/c1-17(2)9-7-5-6-8-10-23(30)28-16-19-11-13-21(22(15-19)35-4)36-26(34)20(12-14-24(31)32)29-25(33)18(3)27/h7,9,11,13,15,17-18,20H,5-6,8,10,12,14,16,27H2,1-4H3,(H,28,30)(H,29,33)(H,31,32)/b9-7+/t18-,20-/m0/s1. The van der Waals surface area contributed by atoms with Crippen molar-refractivity contribution in [3.05, 3.63) is 35.9 Å². The molecule has 2 amide bonds. The van der Waals surface area contributed by atoms with Crippen molar-refractivity contribution in [2.45, 2.75) is 77.9 Å². The van der Waals surface area contributed by atoms with Crippen LogP contribution in [0.2, 0.25) is 0 Å². The first kappa shape index (κ1) is 30.6. The summed E-state index contributed by atoms with van der Waals surface area (Å²) in [6.45, 7) is 5.97. The highest BCUT2D eigenvalue weighted by Gasteiger charge is 2.26. The summed E-state index contributed by atoms with van der Waals surface area (Å²) >= 11 is 0. The Morgan fingerprint density at radius 1 is 1.08 bits per heavy atom. The maximum atomic E-state index is 12.7. The molecular formula is C26H39N3O7. The van der Waals surface area contributed by atoms with Gasteiger partial charge in [-0.15, -0.1) is 0 Å². The predicted octanol–water partition coefficient (Wildman–Crippen LogP) is 2.69. The summed E-state index contributed by atoms with van der Waals surface area (Å²) in [5.74, 6) is -1.73. The molecule has 2 atom stereocenters. The Morgan fingerprint density at radius 2 is 1.81 bits per heavy atom. The normalized spacial score (nSPS) is 12.7. The van der Waals surface area contributed by atoms with Gasteiger partial charge in [0.2, 0.25) is 11.8 Å². The second kappa shape index (κ2) is 16.3. The highest BCUT2D eigenvalue weighted by molar-refractivity contribution is 5.88. The fourth-order valence-electron chi connectivity index (χ4n) is 3.11. The SMILES string of the molecule is COc1cc(CNC(=O)CCCC/C=C/C(C)C)ccc1OC(=O)[C@H](CCC(=O)O)NC(=O)[C@H](C)N. The molecular weight excluding hydrogens is 466 g/mol. The number of nitrogens with one attached hydrogen (secondary N) is 2. The Hall–Kier alpha value is -3.40. The lowest BCUT2D eigenvalue weighted by molar-refractivity contribution is -0.141. The molecule has 0 aliphatic carbocycles. The van der Waals surface area contributed by atoms with E-state index in [9.17, 15) is 19.2 Å². The van der Waals surface area contributed by atoms with Crippen molar-refractivity contribution in [2.24, 2.45) is 11.7 Å². The van der Waals surface area contributed by atoms with Crippen molar-refractivity contribution in [1.29, 1.82) is 0 Å². The summed E-state index contributed by atoms with van der Waals surface area (Å²) in [6, 6.07) is 2.75. The van der Waals surface area contributed by atoms with E-state index in [2.05, 4.69) is 36.6 Å². The van der Waals surface area contributed by atoms with Crippen LogP contribution in [-0.2, 0) is 25.7 Å². The van der Waals surface area contributed by atoms with Crippen LogP contribution in [0.5, 0.6) is 11.5 Å². The summed E-state index contributed by atoms with van der Waals surface area (Å²) in [7, 11) is 1.41. The van der Waals surface area contributed by atoms with Gasteiger partial charge in [-0.05, 0) is 56.2 Å². The molecule has 0 aliphatic heterocycles. The third-order valence-corrected chi connectivity index (χ3v) is 5.14. The molecule has 36 heavy (non-hydrogen) atoms. The zero-order chi connectivity index (χ0) is 27.1. The molecule has 0 bridgehead atoms. The monoisotopic (exact) mass is 505 g/mol. The Morgan fingerprint density at radius 3 is 2.42 bits per heavy atom. The number of amides is 2. The summed E-state index contributed by atoms with van der Waals surface area (Å²) in [5.41, 5.74) is 6.27. The van der Waals surface area contributed by atoms with E-state index in [1.54, 1.807) is 12.1 Å². The highest BCUT2D eigenvalue weighted by atomic mass is 16.6. The smallest absolute Gasteiger partial charge is 0.334 e. The molecule has 0 aromatic heterocycles. The Labute approximate surface area is 212 Å². The molecule has 0 saturated carbocycles. The number of aliphatic carboxylic acids is 1. The minimum Gasteiger partial charge on any atom is -0.493 e. The van der Waals surface area contributed by atoms with Gasteiger partial charge in [-0.25, -0.2) is 4.79 Å². The lowest BCUT2D eigenvalue weighted by atomic mass is 10.1. The largest absolute Gasteiger partial charge is 0.493 e. The van der Waals surface area contributed by atoms with Crippen LogP contribution in [0.1, 0.15) is 64.9 Å². The van der Waals surface area contributed by atoms with Crippen molar-refractivity contribution in [1.82, 2.24) is 10.6 Å². The number of allylic oxidation sites excluding steroid dienone is 2. The molecule has 0 unspecified atom stereocenters. The highest BCUT2D eigenvalue weighted by Crippen LogP contribution is 2.28. The molecule has 1 rings (SSSR count). The van der Waals surface area contributed by atoms with Gasteiger partial charge in [0.1, 0.15) is 6.04 Å². The molecule has 1 aromatic rings. The minimum atomic E-state index is -1.19. The van der Waals surface area contributed by atoms with Crippen LogP contribution in [-0.4, -0.2) is 48.1 Å². The topological polar surface area (TPSA) is 157 Å². The summed E-state index contributed by atoms with van der Waals surface area (Å²) < 4.78 is 10.7. The van der Waals surface area contributed by atoms with Crippen LogP contribution in [0.4, 0.5) is 0 Å². The number of ether oxygens (including phenoxy) is 2. The lowest BCUT2D eigenvalue weighted by Crippen LogP contribution is -2.48. The van der Waals surface area contributed by atoms with Gasteiger partial charge in [0.05, 0.1) is 13.2 Å². The molecule has 10 heteroatoms. The van der Waals surface area contributed by atoms with Crippen LogP contribution in [0.3, 0.4) is 0 Å². The molecule has 0 spiro atoms. The van der Waals surface area contributed by atoms with E-state index in [0.29, 0.717) is 12.3 Å². The van der Waals surface area contributed by atoms with Gasteiger partial charge in [-0.3, -0.25) is 14.4 Å². The quantitative estimate of drug-likeness (QED) is 0.116. The second-order valence-electron chi connectivity index (χ2n) is 8.88. The summed E-state index contributed by atoms with van der Waals surface area (Å²) in [5, 5.41) is 14.2. The molecule has 200 valence electrons.